The number of carbonyl (C=O) groups excluding carboxylic acids is 1. The Morgan fingerprint density at radius 1 is 1.27 bits per heavy atom. The first-order valence-electron chi connectivity index (χ1n) is 7.91. The Balaban J connectivity index is 1.64. The summed E-state index contributed by atoms with van der Waals surface area (Å²) in [7, 11) is 0. The molecule has 1 aromatic carbocycles. The van der Waals surface area contributed by atoms with E-state index in [0.717, 1.165) is 42.5 Å². The van der Waals surface area contributed by atoms with Crippen molar-refractivity contribution >= 4 is 22.5 Å². The standard InChI is InChI=1S/C17H22N4O/c1-12(2)21-9-7-13(8-10-21)19-20-17(22)15-11-18-16-6-4-3-5-14(15)16/h3-6,11-12,18H,7-10H2,1-2H3,(H,20,22)/p+1. The summed E-state index contributed by atoms with van der Waals surface area (Å²) < 4.78 is 0. The summed E-state index contributed by atoms with van der Waals surface area (Å²) in [4.78, 5) is 17.0. The molecule has 2 heterocycles. The number of aromatic nitrogens is 1. The molecule has 2 aromatic rings. The van der Waals surface area contributed by atoms with Gasteiger partial charge in [0.05, 0.1) is 24.7 Å². The molecular formula is C17H23N4O+. The zero-order chi connectivity index (χ0) is 15.5. The van der Waals surface area contributed by atoms with Gasteiger partial charge in [0.1, 0.15) is 0 Å². The highest BCUT2D eigenvalue weighted by atomic mass is 16.2. The highest BCUT2D eigenvalue weighted by Gasteiger charge is 2.21. The van der Waals surface area contributed by atoms with E-state index in [4.69, 9.17) is 0 Å². The Morgan fingerprint density at radius 3 is 2.73 bits per heavy atom. The zero-order valence-electron chi connectivity index (χ0n) is 13.1. The van der Waals surface area contributed by atoms with E-state index in [1.54, 1.807) is 11.1 Å². The number of nitrogens with one attached hydrogen (secondary N) is 3. The second-order valence-electron chi connectivity index (χ2n) is 6.18. The maximum absolute atomic E-state index is 12.3. The van der Waals surface area contributed by atoms with E-state index in [1.165, 1.54) is 0 Å². The molecule has 0 radical (unpaired) electrons. The quantitative estimate of drug-likeness (QED) is 0.736. The number of benzene rings is 1. The summed E-state index contributed by atoms with van der Waals surface area (Å²) in [5.74, 6) is -0.149. The van der Waals surface area contributed by atoms with Crippen molar-refractivity contribution in [3.8, 4) is 0 Å². The van der Waals surface area contributed by atoms with Gasteiger partial charge < -0.3 is 9.88 Å². The van der Waals surface area contributed by atoms with Gasteiger partial charge in [0.25, 0.3) is 5.91 Å². The fraction of sp³-hybridized carbons (Fsp3) is 0.412. The van der Waals surface area contributed by atoms with E-state index in [0.29, 0.717) is 11.6 Å². The van der Waals surface area contributed by atoms with Gasteiger partial charge >= 0.3 is 0 Å². The van der Waals surface area contributed by atoms with Crippen molar-refractivity contribution in [2.45, 2.75) is 32.7 Å². The van der Waals surface area contributed by atoms with Crippen molar-refractivity contribution < 1.29 is 9.69 Å². The molecule has 0 spiro atoms. The molecule has 5 heteroatoms. The van der Waals surface area contributed by atoms with Crippen molar-refractivity contribution in [1.29, 1.82) is 0 Å². The second-order valence-corrected chi connectivity index (χ2v) is 6.18. The molecule has 0 aliphatic carbocycles. The first-order valence-corrected chi connectivity index (χ1v) is 7.91. The molecule has 3 N–H and O–H groups in total. The van der Waals surface area contributed by atoms with Gasteiger partial charge in [-0.25, -0.2) is 5.43 Å². The Bertz CT molecular complexity index is 692. The third kappa shape index (κ3) is 3.04. The van der Waals surface area contributed by atoms with Gasteiger partial charge in [-0.3, -0.25) is 4.79 Å². The lowest BCUT2D eigenvalue weighted by molar-refractivity contribution is -0.922. The fourth-order valence-electron chi connectivity index (χ4n) is 3.00. The Morgan fingerprint density at radius 2 is 2.00 bits per heavy atom. The van der Waals surface area contributed by atoms with Gasteiger partial charge in [0.2, 0.25) is 0 Å². The number of likely N-dealkylation sites (tertiary alicyclic amines) is 1. The smallest absolute Gasteiger partial charge is 0.273 e. The molecule has 0 atom stereocenters. The van der Waals surface area contributed by atoms with Crippen molar-refractivity contribution in [3.05, 3.63) is 36.0 Å². The summed E-state index contributed by atoms with van der Waals surface area (Å²) in [6.45, 7) is 6.69. The number of amides is 1. The van der Waals surface area contributed by atoms with Gasteiger partial charge in [0.15, 0.2) is 0 Å². The van der Waals surface area contributed by atoms with E-state index in [2.05, 4.69) is 29.4 Å². The van der Waals surface area contributed by atoms with Crippen LogP contribution in [0.4, 0.5) is 0 Å². The number of quaternary nitrogens is 1. The maximum atomic E-state index is 12.3. The van der Waals surface area contributed by atoms with Crippen LogP contribution in [0.1, 0.15) is 37.0 Å². The van der Waals surface area contributed by atoms with Gasteiger partial charge in [0, 0.05) is 35.7 Å². The van der Waals surface area contributed by atoms with Crippen LogP contribution in [0.15, 0.2) is 35.6 Å². The minimum atomic E-state index is -0.149. The van der Waals surface area contributed by atoms with Crippen LogP contribution in [-0.4, -0.2) is 35.7 Å². The molecule has 1 aliphatic heterocycles. The lowest BCUT2D eigenvalue weighted by Crippen LogP contribution is -3.16. The number of nitrogens with zero attached hydrogens (tertiary/aromatic N) is 1. The molecule has 5 nitrogen and oxygen atoms in total. The summed E-state index contributed by atoms with van der Waals surface area (Å²) in [5.41, 5.74) is 5.42. The summed E-state index contributed by atoms with van der Waals surface area (Å²) >= 11 is 0. The van der Waals surface area contributed by atoms with Crippen molar-refractivity contribution in [2.75, 3.05) is 13.1 Å². The Hall–Kier alpha value is -2.14. The minimum absolute atomic E-state index is 0.149. The van der Waals surface area contributed by atoms with E-state index in [-0.39, 0.29) is 5.91 Å². The number of rotatable bonds is 3. The van der Waals surface area contributed by atoms with Gasteiger partial charge in [-0.15, -0.1) is 0 Å². The average molecular weight is 299 g/mol. The fourth-order valence-corrected chi connectivity index (χ4v) is 3.00. The molecule has 22 heavy (non-hydrogen) atoms. The zero-order valence-corrected chi connectivity index (χ0v) is 13.1. The number of hydrogen-bond donors (Lipinski definition) is 3. The summed E-state index contributed by atoms with van der Waals surface area (Å²) in [6, 6.07) is 8.44. The molecule has 0 unspecified atom stereocenters. The van der Waals surface area contributed by atoms with Crippen LogP contribution in [0.2, 0.25) is 0 Å². The van der Waals surface area contributed by atoms with E-state index in [1.807, 2.05) is 24.3 Å². The third-order valence-corrected chi connectivity index (χ3v) is 4.44. The van der Waals surface area contributed by atoms with Crippen LogP contribution >= 0.6 is 0 Å². The number of H-pyrrole nitrogens is 1. The third-order valence-electron chi connectivity index (χ3n) is 4.44. The predicted octanol–water partition coefficient (Wildman–Crippen LogP) is 1.34. The van der Waals surface area contributed by atoms with Crippen molar-refractivity contribution in [1.82, 2.24) is 10.4 Å². The monoisotopic (exact) mass is 299 g/mol. The molecular weight excluding hydrogens is 276 g/mol. The molecule has 1 saturated heterocycles. The first kappa shape index (κ1) is 14.8. The van der Waals surface area contributed by atoms with Crippen LogP contribution in [0.3, 0.4) is 0 Å². The molecule has 116 valence electrons. The topological polar surface area (TPSA) is 61.7 Å². The van der Waals surface area contributed by atoms with Crippen molar-refractivity contribution in [2.24, 2.45) is 5.10 Å². The van der Waals surface area contributed by atoms with Crippen LogP contribution in [0.5, 0.6) is 0 Å². The first-order chi connectivity index (χ1) is 10.6. The molecule has 1 amide bonds. The number of aromatic amines is 1. The second kappa shape index (κ2) is 6.32. The Kier molecular flexibility index (Phi) is 4.24. The number of fused-ring (bicyclic) bond motifs is 1. The molecule has 1 aliphatic rings. The van der Waals surface area contributed by atoms with E-state index < -0.39 is 0 Å². The highest BCUT2D eigenvalue weighted by Crippen LogP contribution is 2.17. The molecule has 1 aromatic heterocycles. The van der Waals surface area contributed by atoms with Crippen molar-refractivity contribution in [3.63, 3.8) is 0 Å². The number of hydrogen-bond acceptors (Lipinski definition) is 2. The van der Waals surface area contributed by atoms with Crippen LogP contribution in [0.25, 0.3) is 10.9 Å². The van der Waals surface area contributed by atoms with Crippen LogP contribution in [-0.2, 0) is 0 Å². The predicted molar refractivity (Wildman–Crippen MR) is 88.3 cm³/mol. The maximum Gasteiger partial charge on any atom is 0.273 e. The van der Waals surface area contributed by atoms with Crippen LogP contribution < -0.4 is 10.3 Å². The number of hydrazone groups is 1. The van der Waals surface area contributed by atoms with Gasteiger partial charge in [-0.1, -0.05) is 18.2 Å². The normalized spacial score (nSPS) is 18.7. The molecule has 0 bridgehead atoms. The van der Waals surface area contributed by atoms with E-state index in [9.17, 15) is 4.79 Å². The number of piperidine rings is 1. The number of carbonyl (C=O) groups is 1. The van der Waals surface area contributed by atoms with Gasteiger partial charge in [-0.2, -0.15) is 5.10 Å². The SMILES string of the molecule is CC(C)[NH+]1CCC(=NNC(=O)c2c[nH]c3ccccc23)CC1. The average Bonchev–Trinajstić information content (AvgIpc) is 2.97. The summed E-state index contributed by atoms with van der Waals surface area (Å²) in [6.07, 6.45) is 3.66. The molecule has 1 fully saturated rings. The lowest BCUT2D eigenvalue weighted by Gasteiger charge is -2.27. The highest BCUT2D eigenvalue weighted by molar-refractivity contribution is 6.06. The number of para-hydroxylation sites is 1. The molecule has 3 rings (SSSR count). The van der Waals surface area contributed by atoms with Gasteiger partial charge in [-0.05, 0) is 19.9 Å². The Labute approximate surface area is 130 Å². The van der Waals surface area contributed by atoms with E-state index >= 15 is 0 Å². The largest absolute Gasteiger partial charge is 0.360 e. The van der Waals surface area contributed by atoms with Crippen LogP contribution in [0, 0.1) is 0 Å². The summed E-state index contributed by atoms with van der Waals surface area (Å²) in [5, 5.41) is 5.26. The molecule has 0 saturated carbocycles. The lowest BCUT2D eigenvalue weighted by atomic mass is 10.1. The minimum Gasteiger partial charge on any atom is -0.360 e.